The van der Waals surface area contributed by atoms with E-state index in [2.05, 4.69) is 15.0 Å². The normalized spacial score (nSPS) is 20.5. The lowest BCUT2D eigenvalue weighted by Gasteiger charge is -2.25. The zero-order valence-electron chi connectivity index (χ0n) is 12.3. The average molecular weight is 300 g/mol. The van der Waals surface area contributed by atoms with Gasteiger partial charge in [0.05, 0.1) is 0 Å². The molecule has 2 atom stereocenters. The molecule has 1 fully saturated rings. The number of rotatable bonds is 3. The van der Waals surface area contributed by atoms with Crippen molar-refractivity contribution >= 4 is 17.8 Å². The topological polar surface area (TPSA) is 71.5 Å². The molecule has 0 aliphatic carbocycles. The minimum atomic E-state index is -0.368. The van der Waals surface area contributed by atoms with Gasteiger partial charge in [0.2, 0.25) is 0 Å². The molecule has 0 aromatic carbocycles. The van der Waals surface area contributed by atoms with Crippen molar-refractivity contribution in [3.8, 4) is 0 Å². The first-order chi connectivity index (χ1) is 9.44. The second-order valence-electron chi connectivity index (χ2n) is 5.75. The van der Waals surface area contributed by atoms with Crippen LogP contribution in [0.25, 0.3) is 0 Å². The van der Waals surface area contributed by atoms with Crippen molar-refractivity contribution in [1.29, 1.82) is 0 Å². The van der Waals surface area contributed by atoms with E-state index < -0.39 is 0 Å². The molecule has 1 aromatic heterocycles. The summed E-state index contributed by atoms with van der Waals surface area (Å²) in [4.78, 5) is 13.7. The fourth-order valence-corrected chi connectivity index (χ4v) is 2.59. The Kier molecular flexibility index (Phi) is 7.12. The molecule has 6 heteroatoms. The predicted octanol–water partition coefficient (Wildman–Crippen LogP) is 2.13. The highest BCUT2D eigenvalue weighted by atomic mass is 32.1. The predicted molar refractivity (Wildman–Crippen MR) is 79.6 cm³/mol. The third-order valence-corrected chi connectivity index (χ3v) is 3.73. The Morgan fingerprint density at radius 2 is 2.35 bits per heavy atom. The van der Waals surface area contributed by atoms with Crippen LogP contribution in [-0.4, -0.2) is 35.3 Å². The van der Waals surface area contributed by atoms with Crippen LogP contribution in [0.1, 0.15) is 44.7 Å². The summed E-state index contributed by atoms with van der Waals surface area (Å²) in [6.07, 6.45) is 3.65. The summed E-state index contributed by atoms with van der Waals surface area (Å²) >= 11 is 1.54. The van der Waals surface area contributed by atoms with Gasteiger partial charge in [-0.1, -0.05) is 0 Å². The number of carbonyl (C=O) groups is 1. The van der Waals surface area contributed by atoms with Gasteiger partial charge < -0.3 is 15.2 Å². The summed E-state index contributed by atoms with van der Waals surface area (Å²) in [5, 5.41) is 16.0. The van der Waals surface area contributed by atoms with E-state index in [0.717, 1.165) is 30.9 Å². The summed E-state index contributed by atoms with van der Waals surface area (Å²) < 4.78 is 4.55. The quantitative estimate of drug-likeness (QED) is 0.837. The summed E-state index contributed by atoms with van der Waals surface area (Å²) in [7, 11) is 0. The van der Waals surface area contributed by atoms with Gasteiger partial charge in [0.25, 0.3) is 6.47 Å². The van der Waals surface area contributed by atoms with Crippen molar-refractivity contribution in [2.24, 2.45) is 5.92 Å². The Bertz CT molecular complexity index is 370. The zero-order chi connectivity index (χ0) is 15.0. The third kappa shape index (κ3) is 6.45. The number of nitrogens with one attached hydrogen (secondary N) is 1. The molecule has 114 valence electrons. The van der Waals surface area contributed by atoms with E-state index in [4.69, 9.17) is 0 Å². The van der Waals surface area contributed by atoms with Gasteiger partial charge in [0.1, 0.15) is 16.7 Å². The monoisotopic (exact) mass is 300 g/mol. The number of nitrogens with zero attached hydrogens (tertiary/aromatic N) is 1. The molecular formula is C14H24N2O3S. The molecule has 2 heterocycles. The number of aromatic nitrogens is 1. The molecule has 20 heavy (non-hydrogen) atoms. The van der Waals surface area contributed by atoms with E-state index in [9.17, 15) is 9.90 Å². The van der Waals surface area contributed by atoms with E-state index >= 15 is 0 Å². The summed E-state index contributed by atoms with van der Waals surface area (Å²) in [6, 6.07) is 0. The molecule has 5 nitrogen and oxygen atoms in total. The molecule has 2 N–H and O–H groups in total. The average Bonchev–Trinajstić information content (AvgIpc) is 2.92. The van der Waals surface area contributed by atoms with Crippen molar-refractivity contribution < 1.29 is 14.6 Å². The van der Waals surface area contributed by atoms with E-state index in [-0.39, 0.29) is 11.7 Å². The van der Waals surface area contributed by atoms with E-state index in [1.54, 1.807) is 6.20 Å². The maximum Gasteiger partial charge on any atom is 0.293 e. The van der Waals surface area contributed by atoms with Gasteiger partial charge >= 0.3 is 0 Å². The molecule has 0 saturated carbocycles. The second kappa shape index (κ2) is 8.34. The number of hydrogen-bond acceptors (Lipinski definition) is 6. The highest BCUT2D eigenvalue weighted by Gasteiger charge is 2.24. The molecule has 1 aliphatic heterocycles. The van der Waals surface area contributed by atoms with Gasteiger partial charge in [-0.05, 0) is 40.2 Å². The maximum atomic E-state index is 9.94. The van der Waals surface area contributed by atoms with Crippen LogP contribution >= 0.6 is 11.3 Å². The van der Waals surface area contributed by atoms with Gasteiger partial charge in [-0.2, -0.15) is 0 Å². The Balaban J connectivity index is 0.000000246. The zero-order valence-corrected chi connectivity index (χ0v) is 13.2. The molecule has 1 unspecified atom stereocenters. The highest BCUT2D eigenvalue weighted by Crippen LogP contribution is 2.27. The van der Waals surface area contributed by atoms with Crippen molar-refractivity contribution in [2.75, 3.05) is 13.1 Å². The van der Waals surface area contributed by atoms with E-state index in [1.807, 2.05) is 26.2 Å². The smallest absolute Gasteiger partial charge is 0.293 e. The first-order valence-electron chi connectivity index (χ1n) is 6.83. The van der Waals surface area contributed by atoms with Gasteiger partial charge in [-0.15, -0.1) is 11.3 Å². The van der Waals surface area contributed by atoms with Crippen molar-refractivity contribution in [3.63, 3.8) is 0 Å². The summed E-state index contributed by atoms with van der Waals surface area (Å²) in [5.41, 5.74) is -0.318. The van der Waals surface area contributed by atoms with Crippen molar-refractivity contribution in [2.45, 2.75) is 45.3 Å². The van der Waals surface area contributed by atoms with Gasteiger partial charge in [0.15, 0.2) is 0 Å². The van der Waals surface area contributed by atoms with Crippen LogP contribution in [0, 0.1) is 5.92 Å². The number of piperidine rings is 1. The Labute approximate surface area is 124 Å². The largest absolute Gasteiger partial charge is 0.462 e. The standard InChI is InChI=1S/C9H14N2OS.C5H10O2/c12-8(9-11-4-5-13-9)7-2-1-3-10-6-7;1-5(2,3)7-4-6/h4-5,7-8,10,12H,1-3,6H2;4H,1-3H3/t7-,8?;/m0./s1. The fraction of sp³-hybridized carbons (Fsp3) is 0.714. The lowest BCUT2D eigenvalue weighted by Crippen LogP contribution is -2.33. The molecule has 1 aliphatic rings. The first-order valence-corrected chi connectivity index (χ1v) is 7.71. The molecule has 0 amide bonds. The molecule has 0 spiro atoms. The molecular weight excluding hydrogens is 276 g/mol. The molecule has 0 radical (unpaired) electrons. The van der Waals surface area contributed by atoms with Gasteiger partial charge in [-0.3, -0.25) is 4.79 Å². The lowest BCUT2D eigenvalue weighted by molar-refractivity contribution is -0.138. The van der Waals surface area contributed by atoms with E-state index in [0.29, 0.717) is 12.4 Å². The lowest BCUT2D eigenvalue weighted by atomic mass is 9.94. The van der Waals surface area contributed by atoms with Crippen LogP contribution in [0.15, 0.2) is 11.6 Å². The van der Waals surface area contributed by atoms with Crippen LogP contribution < -0.4 is 5.32 Å². The van der Waals surface area contributed by atoms with Gasteiger partial charge in [-0.25, -0.2) is 4.98 Å². The van der Waals surface area contributed by atoms with Crippen LogP contribution in [0.3, 0.4) is 0 Å². The SMILES string of the molecule is CC(C)(C)OC=O.OC(c1nccs1)[C@H]1CCCNC1. The number of aliphatic hydroxyl groups is 1. The van der Waals surface area contributed by atoms with E-state index in [1.165, 1.54) is 11.3 Å². The van der Waals surface area contributed by atoms with Gasteiger partial charge in [0, 0.05) is 24.0 Å². The summed E-state index contributed by atoms with van der Waals surface area (Å²) in [5.74, 6) is 0.347. The first kappa shape index (κ1) is 17.1. The minimum absolute atomic E-state index is 0.318. The maximum absolute atomic E-state index is 9.94. The fourth-order valence-electron chi connectivity index (χ4n) is 1.87. The second-order valence-corrected chi connectivity index (χ2v) is 6.67. The number of carbonyl (C=O) groups excluding carboxylic acids is 1. The van der Waals surface area contributed by atoms with Crippen LogP contribution in [0.4, 0.5) is 0 Å². The number of hydrogen-bond donors (Lipinski definition) is 2. The number of thiazole rings is 1. The molecule has 1 saturated heterocycles. The summed E-state index contributed by atoms with van der Waals surface area (Å²) in [6.45, 7) is 7.92. The van der Waals surface area contributed by atoms with Crippen LogP contribution in [0.5, 0.6) is 0 Å². The Hall–Kier alpha value is -0.980. The molecule has 0 bridgehead atoms. The number of ether oxygens (including phenoxy) is 1. The molecule has 1 aromatic rings. The third-order valence-electron chi connectivity index (χ3n) is 2.89. The van der Waals surface area contributed by atoms with Crippen molar-refractivity contribution in [3.05, 3.63) is 16.6 Å². The highest BCUT2D eigenvalue weighted by molar-refractivity contribution is 7.09. The molecule has 2 rings (SSSR count). The number of aliphatic hydroxyl groups excluding tert-OH is 1. The van der Waals surface area contributed by atoms with Crippen molar-refractivity contribution in [1.82, 2.24) is 10.3 Å². The van der Waals surface area contributed by atoms with Crippen LogP contribution in [-0.2, 0) is 9.53 Å². The Morgan fingerprint density at radius 1 is 1.60 bits per heavy atom. The van der Waals surface area contributed by atoms with Crippen LogP contribution in [0.2, 0.25) is 0 Å². The Morgan fingerprint density at radius 3 is 2.75 bits per heavy atom. The minimum Gasteiger partial charge on any atom is -0.462 e.